The fourth-order valence-corrected chi connectivity index (χ4v) is 7.46. The van der Waals surface area contributed by atoms with E-state index in [0.717, 1.165) is 61.4 Å². The molecule has 2 N–H and O–H groups in total. The van der Waals surface area contributed by atoms with Crippen molar-refractivity contribution in [3.8, 4) is 0 Å². The zero-order chi connectivity index (χ0) is 25.1. The van der Waals surface area contributed by atoms with Gasteiger partial charge in [0.25, 0.3) is 5.91 Å². The lowest BCUT2D eigenvalue weighted by molar-refractivity contribution is 0.0914. The van der Waals surface area contributed by atoms with Crippen LogP contribution in [0.4, 0.5) is 0 Å². The number of hydrogen-bond acceptors (Lipinski definition) is 6. The molecule has 0 atom stereocenters. The van der Waals surface area contributed by atoms with E-state index in [-0.39, 0.29) is 23.6 Å². The van der Waals surface area contributed by atoms with Crippen LogP contribution in [0.3, 0.4) is 0 Å². The summed E-state index contributed by atoms with van der Waals surface area (Å²) < 4.78 is 33.1. The Hall–Kier alpha value is -1.94. The first-order valence-electron chi connectivity index (χ1n) is 13.1. The maximum Gasteiger partial charge on any atom is 0.273 e. The maximum absolute atomic E-state index is 13.1. The highest BCUT2D eigenvalue weighted by atomic mass is 35.5. The molecule has 3 fully saturated rings. The highest BCUT2D eigenvalue weighted by Gasteiger charge is 2.33. The van der Waals surface area contributed by atoms with Crippen molar-refractivity contribution >= 4 is 27.5 Å². The number of carbonyl (C=O) groups excluding carboxylic acids is 1. The number of sulfonamides is 1. The fourth-order valence-electron chi connectivity index (χ4n) is 5.34. The summed E-state index contributed by atoms with van der Waals surface area (Å²) in [6.45, 7) is 1.66. The average Bonchev–Trinajstić information content (AvgIpc) is 3.60. The summed E-state index contributed by atoms with van der Waals surface area (Å²) in [5.41, 5.74) is 1.47. The third kappa shape index (κ3) is 6.68. The van der Waals surface area contributed by atoms with Crippen molar-refractivity contribution in [3.05, 3.63) is 52.4 Å². The topological polar surface area (TPSA) is 105 Å². The number of nitrogens with zero attached hydrogens (tertiary/aromatic N) is 2. The van der Waals surface area contributed by atoms with Crippen LogP contribution < -0.4 is 10.6 Å². The van der Waals surface area contributed by atoms with Crippen LogP contribution in [-0.2, 0) is 16.6 Å². The van der Waals surface area contributed by atoms with E-state index in [1.165, 1.54) is 0 Å². The molecule has 2 heterocycles. The van der Waals surface area contributed by atoms with Crippen molar-refractivity contribution in [2.75, 3.05) is 18.8 Å². The molecule has 0 bridgehead atoms. The van der Waals surface area contributed by atoms with E-state index in [1.54, 1.807) is 10.4 Å². The standard InChI is InChI=1S/C26H35ClN4O4S/c27-21-3-1-2-19(14-21)16-28-22-8-4-18(5-9-22)17-36(33,34)31-12-10-23(11-13-31)29-26(32)24-15-25(35-30-24)20-6-7-20/h1-3,14-15,18,20,22-23,28H,4-13,16-17H2,(H,29,32). The average molecular weight is 535 g/mol. The third-order valence-corrected chi connectivity index (χ3v) is 9.98. The molecule has 0 radical (unpaired) electrons. The second-order valence-electron chi connectivity index (χ2n) is 10.5. The number of piperidine rings is 1. The van der Waals surface area contributed by atoms with Crippen LogP contribution in [0.5, 0.6) is 0 Å². The minimum absolute atomic E-state index is 0.0500. The number of nitrogens with one attached hydrogen (secondary N) is 2. The van der Waals surface area contributed by atoms with Crippen LogP contribution in [0.25, 0.3) is 0 Å². The largest absolute Gasteiger partial charge is 0.360 e. The predicted octanol–water partition coefficient (Wildman–Crippen LogP) is 4.08. The molecule has 3 aliphatic rings. The maximum atomic E-state index is 13.1. The first kappa shape index (κ1) is 25.7. The van der Waals surface area contributed by atoms with Crippen molar-refractivity contribution in [3.63, 3.8) is 0 Å². The summed E-state index contributed by atoms with van der Waals surface area (Å²) in [6, 6.07) is 9.95. The van der Waals surface area contributed by atoms with E-state index in [9.17, 15) is 13.2 Å². The van der Waals surface area contributed by atoms with Crippen molar-refractivity contribution in [2.45, 2.75) is 75.9 Å². The molecular formula is C26H35ClN4O4S. The zero-order valence-electron chi connectivity index (χ0n) is 20.5. The van der Waals surface area contributed by atoms with Gasteiger partial charge in [0, 0.05) is 48.7 Å². The summed E-state index contributed by atoms with van der Waals surface area (Å²) in [4.78, 5) is 12.5. The van der Waals surface area contributed by atoms with Gasteiger partial charge in [-0.15, -0.1) is 0 Å². The monoisotopic (exact) mass is 534 g/mol. The number of amides is 1. The number of carbonyl (C=O) groups is 1. The number of benzene rings is 1. The number of halogens is 1. The van der Waals surface area contributed by atoms with Gasteiger partial charge >= 0.3 is 0 Å². The SMILES string of the molecule is O=C(NC1CCN(S(=O)(=O)CC2CCC(NCc3cccc(Cl)c3)CC2)CC1)c1cc(C2CC2)on1. The van der Waals surface area contributed by atoms with Crippen molar-refractivity contribution in [1.29, 1.82) is 0 Å². The molecule has 1 aromatic heterocycles. The van der Waals surface area contributed by atoms with Crippen LogP contribution in [0.1, 0.15) is 79.1 Å². The zero-order valence-corrected chi connectivity index (χ0v) is 22.1. The molecule has 196 valence electrons. The summed E-state index contributed by atoms with van der Waals surface area (Å²) in [5.74, 6) is 1.37. The Kier molecular flexibility index (Phi) is 8.00. The minimum atomic E-state index is -3.31. The predicted molar refractivity (Wildman–Crippen MR) is 138 cm³/mol. The van der Waals surface area contributed by atoms with Crippen molar-refractivity contribution in [2.24, 2.45) is 5.92 Å². The first-order valence-corrected chi connectivity index (χ1v) is 15.1. The molecular weight excluding hydrogens is 500 g/mol. The Morgan fingerprint density at radius 1 is 1.03 bits per heavy atom. The summed E-state index contributed by atoms with van der Waals surface area (Å²) in [7, 11) is -3.31. The summed E-state index contributed by atoms with van der Waals surface area (Å²) in [5, 5.41) is 11.2. The van der Waals surface area contributed by atoms with Gasteiger partial charge < -0.3 is 15.2 Å². The van der Waals surface area contributed by atoms with Crippen LogP contribution >= 0.6 is 11.6 Å². The van der Waals surface area contributed by atoms with Crippen LogP contribution in [0, 0.1) is 5.92 Å². The Morgan fingerprint density at radius 2 is 1.78 bits per heavy atom. The molecule has 1 amide bonds. The van der Waals surface area contributed by atoms with Gasteiger partial charge in [0.15, 0.2) is 5.69 Å². The lowest BCUT2D eigenvalue weighted by Gasteiger charge is -2.34. The van der Waals surface area contributed by atoms with Gasteiger partial charge in [-0.1, -0.05) is 28.9 Å². The number of aromatic nitrogens is 1. The summed E-state index contributed by atoms with van der Waals surface area (Å²) >= 11 is 6.07. The molecule has 10 heteroatoms. The second kappa shape index (κ2) is 11.2. The Labute approximate surface area is 218 Å². The van der Waals surface area contributed by atoms with Gasteiger partial charge in [-0.2, -0.15) is 0 Å². The molecule has 2 aliphatic carbocycles. The van der Waals surface area contributed by atoms with Crippen LogP contribution in [0.2, 0.25) is 5.02 Å². The molecule has 0 unspecified atom stereocenters. The highest BCUT2D eigenvalue weighted by molar-refractivity contribution is 7.89. The van der Waals surface area contributed by atoms with E-state index < -0.39 is 10.0 Å². The van der Waals surface area contributed by atoms with Crippen molar-refractivity contribution in [1.82, 2.24) is 20.1 Å². The smallest absolute Gasteiger partial charge is 0.273 e. The van der Waals surface area contributed by atoms with E-state index in [4.69, 9.17) is 16.1 Å². The van der Waals surface area contributed by atoms with Gasteiger partial charge in [0.1, 0.15) is 5.76 Å². The molecule has 2 aromatic rings. The molecule has 36 heavy (non-hydrogen) atoms. The van der Waals surface area contributed by atoms with E-state index >= 15 is 0 Å². The minimum Gasteiger partial charge on any atom is -0.360 e. The van der Waals surface area contributed by atoms with Crippen LogP contribution in [0.15, 0.2) is 34.9 Å². The van der Waals surface area contributed by atoms with E-state index in [1.807, 2.05) is 18.2 Å². The van der Waals surface area contributed by atoms with Crippen LogP contribution in [-0.4, -0.2) is 54.7 Å². The van der Waals surface area contributed by atoms with E-state index in [2.05, 4.69) is 21.9 Å². The lowest BCUT2D eigenvalue weighted by Crippen LogP contribution is -2.47. The molecule has 1 saturated heterocycles. The molecule has 8 nitrogen and oxygen atoms in total. The second-order valence-corrected chi connectivity index (χ2v) is 13.0. The number of hydrogen-bond donors (Lipinski definition) is 2. The quantitative estimate of drug-likeness (QED) is 0.502. The van der Waals surface area contributed by atoms with Gasteiger partial charge in [-0.05, 0) is 75.0 Å². The molecule has 1 aliphatic heterocycles. The number of rotatable bonds is 9. The van der Waals surface area contributed by atoms with Crippen molar-refractivity contribution < 1.29 is 17.7 Å². The normalized spacial score (nSPS) is 24.0. The summed E-state index contributed by atoms with van der Waals surface area (Å²) in [6.07, 6.45) is 7.20. The Bertz CT molecular complexity index is 1150. The Morgan fingerprint density at radius 3 is 2.47 bits per heavy atom. The molecule has 2 saturated carbocycles. The fraction of sp³-hybridized carbons (Fsp3) is 0.615. The first-order chi connectivity index (χ1) is 17.4. The third-order valence-electron chi connectivity index (χ3n) is 7.70. The Balaban J connectivity index is 1.02. The van der Waals surface area contributed by atoms with Gasteiger partial charge in [0.05, 0.1) is 5.75 Å². The molecule has 0 spiro atoms. The lowest BCUT2D eigenvalue weighted by atomic mass is 9.87. The van der Waals surface area contributed by atoms with Gasteiger partial charge in [-0.25, -0.2) is 12.7 Å². The van der Waals surface area contributed by atoms with E-state index in [0.29, 0.717) is 43.6 Å². The molecule has 5 rings (SSSR count). The van der Waals surface area contributed by atoms with Gasteiger partial charge in [-0.3, -0.25) is 4.79 Å². The van der Waals surface area contributed by atoms with Gasteiger partial charge in [0.2, 0.25) is 10.0 Å². The molecule has 1 aromatic carbocycles. The highest BCUT2D eigenvalue weighted by Crippen LogP contribution is 2.40.